The van der Waals surface area contributed by atoms with Crippen LogP contribution in [-0.4, -0.2) is 6.10 Å². The van der Waals surface area contributed by atoms with Gasteiger partial charge in [-0.05, 0) is 25.8 Å². The van der Waals surface area contributed by atoms with E-state index in [0.29, 0.717) is 13.0 Å². The van der Waals surface area contributed by atoms with E-state index in [1.807, 2.05) is 6.92 Å². The van der Waals surface area contributed by atoms with Gasteiger partial charge in [0.2, 0.25) is 0 Å². The normalized spacial score (nSPS) is 12.1. The van der Waals surface area contributed by atoms with Gasteiger partial charge in [0.05, 0.1) is 12.2 Å². The van der Waals surface area contributed by atoms with E-state index in [1.54, 1.807) is 0 Å². The number of nitrogens with zero attached hydrogens (tertiary/aromatic N) is 1. The van der Waals surface area contributed by atoms with Crippen LogP contribution < -0.4 is 5.48 Å². The van der Waals surface area contributed by atoms with Crippen LogP contribution in [0.15, 0.2) is 24.3 Å². The molecule has 0 fully saturated rings. The average Bonchev–Trinajstić information content (AvgIpc) is 2.29. The largest absolute Gasteiger partial charge is 0.298 e. The molecule has 0 saturated heterocycles. The highest BCUT2D eigenvalue weighted by Gasteiger charge is 2.01. The summed E-state index contributed by atoms with van der Waals surface area (Å²) in [6.07, 6.45) is 1.37. The Labute approximate surface area is 97.0 Å². The summed E-state index contributed by atoms with van der Waals surface area (Å²) in [5.41, 5.74) is 5.37. The van der Waals surface area contributed by atoms with Crippen molar-refractivity contribution in [2.45, 2.75) is 39.3 Å². The van der Waals surface area contributed by atoms with E-state index in [9.17, 15) is 0 Å². The lowest BCUT2D eigenvalue weighted by molar-refractivity contribution is -0.0218. The molecule has 0 spiro atoms. The second kappa shape index (κ2) is 7.00. The van der Waals surface area contributed by atoms with Gasteiger partial charge < -0.3 is 0 Å². The number of hydrogen-bond donors (Lipinski definition) is 1. The molecule has 0 aliphatic carbocycles. The van der Waals surface area contributed by atoms with E-state index >= 15 is 0 Å². The van der Waals surface area contributed by atoms with Gasteiger partial charge in [-0.1, -0.05) is 29.8 Å². The lowest BCUT2D eigenvalue weighted by Crippen LogP contribution is -2.21. The van der Waals surface area contributed by atoms with Gasteiger partial charge in [0.1, 0.15) is 0 Å². The van der Waals surface area contributed by atoms with Crippen molar-refractivity contribution in [2.24, 2.45) is 0 Å². The number of aryl methyl sites for hydroxylation is 1. The molecule has 0 saturated carbocycles. The Balaban J connectivity index is 2.20. The third-order valence-corrected chi connectivity index (χ3v) is 2.34. The van der Waals surface area contributed by atoms with Crippen LogP contribution in [-0.2, 0) is 11.4 Å². The summed E-state index contributed by atoms with van der Waals surface area (Å²) in [7, 11) is 0. The van der Waals surface area contributed by atoms with E-state index < -0.39 is 0 Å². The SMILES string of the molecule is Cc1ccc(CNOC(C)CCC#N)cc1. The zero-order valence-corrected chi connectivity index (χ0v) is 9.86. The zero-order valence-electron chi connectivity index (χ0n) is 9.86. The first-order valence-electron chi connectivity index (χ1n) is 5.53. The van der Waals surface area contributed by atoms with Gasteiger partial charge in [-0.25, -0.2) is 0 Å². The molecule has 1 aromatic carbocycles. The van der Waals surface area contributed by atoms with Gasteiger partial charge >= 0.3 is 0 Å². The van der Waals surface area contributed by atoms with Crippen LogP contribution in [0.4, 0.5) is 0 Å². The van der Waals surface area contributed by atoms with Crippen molar-refractivity contribution < 1.29 is 4.84 Å². The third kappa shape index (κ3) is 4.92. The van der Waals surface area contributed by atoms with Gasteiger partial charge in [-0.3, -0.25) is 4.84 Å². The Morgan fingerprint density at radius 3 is 2.69 bits per heavy atom. The maximum absolute atomic E-state index is 8.42. The van der Waals surface area contributed by atoms with Crippen LogP contribution in [0.25, 0.3) is 0 Å². The molecule has 86 valence electrons. The van der Waals surface area contributed by atoms with E-state index in [1.165, 1.54) is 11.1 Å². The minimum absolute atomic E-state index is 0.0742. The van der Waals surface area contributed by atoms with Crippen molar-refractivity contribution in [1.82, 2.24) is 5.48 Å². The van der Waals surface area contributed by atoms with Crippen LogP contribution >= 0.6 is 0 Å². The molecule has 0 bridgehead atoms. The Hall–Kier alpha value is -1.37. The molecule has 0 heterocycles. The standard InChI is InChI=1S/C13H18N2O/c1-11-5-7-13(8-6-11)10-15-16-12(2)4-3-9-14/h5-8,12,15H,3-4,10H2,1-2H3. The Bertz CT molecular complexity index is 340. The lowest BCUT2D eigenvalue weighted by Gasteiger charge is -2.11. The van der Waals surface area contributed by atoms with Gasteiger partial charge in [0.15, 0.2) is 0 Å². The first-order chi connectivity index (χ1) is 7.72. The van der Waals surface area contributed by atoms with Crippen molar-refractivity contribution >= 4 is 0 Å². The number of nitriles is 1. The quantitative estimate of drug-likeness (QED) is 0.747. The molecule has 0 radical (unpaired) electrons. The first-order valence-corrected chi connectivity index (χ1v) is 5.53. The van der Waals surface area contributed by atoms with Crippen molar-refractivity contribution in [3.63, 3.8) is 0 Å². The van der Waals surface area contributed by atoms with E-state index in [4.69, 9.17) is 10.1 Å². The molecule has 0 aliphatic rings. The van der Waals surface area contributed by atoms with Crippen molar-refractivity contribution in [2.75, 3.05) is 0 Å². The topological polar surface area (TPSA) is 45.0 Å². The van der Waals surface area contributed by atoms with Crippen LogP contribution in [0, 0.1) is 18.3 Å². The second-order valence-electron chi connectivity index (χ2n) is 3.93. The molecular weight excluding hydrogens is 200 g/mol. The van der Waals surface area contributed by atoms with E-state index in [2.05, 4.69) is 42.7 Å². The third-order valence-electron chi connectivity index (χ3n) is 2.34. The van der Waals surface area contributed by atoms with Gasteiger partial charge in [-0.2, -0.15) is 10.7 Å². The smallest absolute Gasteiger partial charge is 0.0772 e. The maximum Gasteiger partial charge on any atom is 0.0772 e. The summed E-state index contributed by atoms with van der Waals surface area (Å²) >= 11 is 0. The second-order valence-corrected chi connectivity index (χ2v) is 3.93. The number of nitrogens with one attached hydrogen (secondary N) is 1. The van der Waals surface area contributed by atoms with Crippen molar-refractivity contribution in [3.8, 4) is 6.07 Å². The monoisotopic (exact) mass is 218 g/mol. The zero-order chi connectivity index (χ0) is 11.8. The number of hydrogen-bond acceptors (Lipinski definition) is 3. The summed E-state index contributed by atoms with van der Waals surface area (Å²) in [5, 5.41) is 8.42. The van der Waals surface area contributed by atoms with Crippen LogP contribution in [0.3, 0.4) is 0 Å². The summed E-state index contributed by atoms with van der Waals surface area (Å²) in [4.78, 5) is 5.38. The number of rotatable bonds is 6. The highest BCUT2D eigenvalue weighted by atomic mass is 16.7. The van der Waals surface area contributed by atoms with E-state index in [-0.39, 0.29) is 6.10 Å². The fourth-order valence-electron chi connectivity index (χ4n) is 1.30. The predicted octanol–water partition coefficient (Wildman–Crippen LogP) is 2.71. The Kier molecular flexibility index (Phi) is 5.55. The van der Waals surface area contributed by atoms with Crippen molar-refractivity contribution in [3.05, 3.63) is 35.4 Å². The summed E-state index contributed by atoms with van der Waals surface area (Å²) in [6, 6.07) is 10.4. The molecule has 1 unspecified atom stereocenters. The van der Waals surface area contributed by atoms with Gasteiger partial charge in [0, 0.05) is 13.0 Å². The fraction of sp³-hybridized carbons (Fsp3) is 0.462. The Morgan fingerprint density at radius 2 is 2.06 bits per heavy atom. The minimum atomic E-state index is 0.0742. The molecule has 1 atom stereocenters. The van der Waals surface area contributed by atoms with Gasteiger partial charge in [0.25, 0.3) is 0 Å². The molecule has 0 aromatic heterocycles. The molecule has 1 rings (SSSR count). The lowest BCUT2D eigenvalue weighted by atomic mass is 10.1. The summed E-state index contributed by atoms with van der Waals surface area (Å²) in [6.45, 7) is 4.72. The predicted molar refractivity (Wildman–Crippen MR) is 63.4 cm³/mol. The molecule has 16 heavy (non-hydrogen) atoms. The molecule has 0 aliphatic heterocycles. The molecular formula is C13H18N2O. The van der Waals surface area contributed by atoms with Crippen molar-refractivity contribution in [1.29, 1.82) is 5.26 Å². The Morgan fingerprint density at radius 1 is 1.38 bits per heavy atom. The molecule has 1 aromatic rings. The minimum Gasteiger partial charge on any atom is -0.298 e. The average molecular weight is 218 g/mol. The maximum atomic E-state index is 8.42. The van der Waals surface area contributed by atoms with Crippen LogP contribution in [0.1, 0.15) is 30.9 Å². The summed E-state index contributed by atoms with van der Waals surface area (Å²) in [5.74, 6) is 0. The first kappa shape index (κ1) is 12.7. The fourth-order valence-corrected chi connectivity index (χ4v) is 1.30. The molecule has 3 heteroatoms. The summed E-state index contributed by atoms with van der Waals surface area (Å²) < 4.78 is 0. The molecule has 0 amide bonds. The van der Waals surface area contributed by atoms with Crippen LogP contribution in [0.5, 0.6) is 0 Å². The highest BCUT2D eigenvalue weighted by molar-refractivity contribution is 5.20. The van der Waals surface area contributed by atoms with Gasteiger partial charge in [-0.15, -0.1) is 0 Å². The molecule has 3 nitrogen and oxygen atoms in total. The highest BCUT2D eigenvalue weighted by Crippen LogP contribution is 2.03. The number of hydroxylamine groups is 1. The molecule has 1 N–H and O–H groups in total. The number of benzene rings is 1. The van der Waals surface area contributed by atoms with Crippen LogP contribution in [0.2, 0.25) is 0 Å². The van der Waals surface area contributed by atoms with E-state index in [0.717, 1.165) is 6.42 Å².